The van der Waals surface area contributed by atoms with E-state index >= 15 is 0 Å². The first kappa shape index (κ1) is 19.1. The first-order valence-electron chi connectivity index (χ1n) is 7.59. The maximum absolute atomic E-state index is 12.3. The van der Waals surface area contributed by atoms with Gasteiger partial charge >= 0.3 is 5.97 Å². The Hall–Kier alpha value is -3.26. The van der Waals surface area contributed by atoms with Crippen LogP contribution in [0, 0.1) is 0 Å². The fourth-order valence-corrected chi connectivity index (χ4v) is 2.34. The van der Waals surface area contributed by atoms with Gasteiger partial charge in [0.25, 0.3) is 5.91 Å². The van der Waals surface area contributed by atoms with Gasteiger partial charge in [-0.1, -0.05) is 12.1 Å². The molecule has 0 aromatic heterocycles. The molecule has 0 fully saturated rings. The topological polar surface area (TPSA) is 125 Å². The molecule has 26 heavy (non-hydrogen) atoms. The molecule has 138 valence electrons. The van der Waals surface area contributed by atoms with E-state index < -0.39 is 24.0 Å². The minimum atomic E-state index is -1.40. The summed E-state index contributed by atoms with van der Waals surface area (Å²) in [6.45, 7) is 0. The molecule has 0 aliphatic heterocycles. The molecule has 0 saturated heterocycles. The Balaban J connectivity index is 2.25. The Kier molecular flexibility index (Phi) is 6.03. The number of aromatic hydroxyl groups is 2. The molecule has 0 aliphatic rings. The average Bonchev–Trinajstić information content (AvgIpc) is 2.64. The van der Waals surface area contributed by atoms with E-state index in [0.717, 1.165) is 25.3 Å². The predicted octanol–water partition coefficient (Wildman–Crippen LogP) is 1.11. The summed E-state index contributed by atoms with van der Waals surface area (Å²) < 4.78 is 9.68. The second kappa shape index (κ2) is 8.21. The monoisotopic (exact) mass is 361 g/mol. The van der Waals surface area contributed by atoms with Crippen LogP contribution in [0.15, 0.2) is 42.5 Å². The van der Waals surface area contributed by atoms with Crippen LogP contribution in [-0.4, -0.2) is 47.5 Å². The number of phenols is 2. The summed E-state index contributed by atoms with van der Waals surface area (Å²) in [5, 5.41) is 31.8. The molecule has 0 heterocycles. The van der Waals surface area contributed by atoms with Gasteiger partial charge in [-0.2, -0.15) is 0 Å². The van der Waals surface area contributed by atoms with Crippen molar-refractivity contribution in [1.82, 2.24) is 5.32 Å². The quantitative estimate of drug-likeness (QED) is 0.568. The van der Waals surface area contributed by atoms with Crippen LogP contribution in [0.5, 0.6) is 17.2 Å². The van der Waals surface area contributed by atoms with Gasteiger partial charge in [0.15, 0.2) is 6.04 Å². The fourth-order valence-electron chi connectivity index (χ4n) is 2.34. The van der Waals surface area contributed by atoms with Gasteiger partial charge in [0.2, 0.25) is 0 Å². The molecule has 1 amide bonds. The summed E-state index contributed by atoms with van der Waals surface area (Å²) in [7, 11) is 2.62. The van der Waals surface area contributed by atoms with E-state index in [1.165, 1.54) is 7.11 Å². The van der Waals surface area contributed by atoms with Crippen molar-refractivity contribution in [3.05, 3.63) is 53.6 Å². The molecule has 0 saturated carbocycles. The van der Waals surface area contributed by atoms with Crippen LogP contribution in [0.2, 0.25) is 0 Å². The van der Waals surface area contributed by atoms with Crippen LogP contribution < -0.4 is 10.1 Å². The largest absolute Gasteiger partial charge is 0.508 e. The van der Waals surface area contributed by atoms with E-state index in [4.69, 9.17) is 4.74 Å². The number of hydrogen-bond donors (Lipinski definition) is 4. The van der Waals surface area contributed by atoms with Crippen molar-refractivity contribution < 1.29 is 34.4 Å². The molecule has 0 aliphatic carbocycles. The standard InChI is InChI=1S/C18H19NO7/c1-25-14-5-3-10(4-6-14)16(22)15(18(24)26-2)19-17(23)11-7-12(20)9-13(21)8-11/h3-9,15-16,20-22H,1-2H3,(H,19,23). The molecule has 2 unspecified atom stereocenters. The molecule has 8 nitrogen and oxygen atoms in total. The lowest BCUT2D eigenvalue weighted by molar-refractivity contribution is -0.146. The van der Waals surface area contributed by atoms with Crippen molar-refractivity contribution in [2.75, 3.05) is 14.2 Å². The molecule has 2 aromatic carbocycles. The van der Waals surface area contributed by atoms with E-state index in [0.29, 0.717) is 11.3 Å². The van der Waals surface area contributed by atoms with E-state index in [1.54, 1.807) is 24.3 Å². The second-order valence-corrected chi connectivity index (χ2v) is 5.43. The van der Waals surface area contributed by atoms with Crippen LogP contribution in [0.25, 0.3) is 0 Å². The zero-order valence-electron chi connectivity index (χ0n) is 14.2. The van der Waals surface area contributed by atoms with Gasteiger partial charge in [0.1, 0.15) is 23.4 Å². The highest BCUT2D eigenvalue weighted by Crippen LogP contribution is 2.23. The summed E-state index contributed by atoms with van der Waals surface area (Å²) in [5.41, 5.74) is 0.276. The SMILES string of the molecule is COC(=O)C(NC(=O)c1cc(O)cc(O)c1)C(O)c1ccc(OC)cc1. The van der Waals surface area contributed by atoms with Gasteiger partial charge in [0, 0.05) is 11.6 Å². The summed E-state index contributed by atoms with van der Waals surface area (Å²) in [6, 6.07) is 8.18. The first-order valence-corrected chi connectivity index (χ1v) is 7.59. The number of carbonyl (C=O) groups excluding carboxylic acids is 2. The van der Waals surface area contributed by atoms with E-state index in [-0.39, 0.29) is 17.1 Å². The van der Waals surface area contributed by atoms with Crippen molar-refractivity contribution in [3.8, 4) is 17.2 Å². The summed E-state index contributed by atoms with van der Waals surface area (Å²) >= 11 is 0. The molecule has 2 rings (SSSR count). The van der Waals surface area contributed by atoms with Crippen LogP contribution in [0.4, 0.5) is 0 Å². The number of hydrogen-bond acceptors (Lipinski definition) is 7. The second-order valence-electron chi connectivity index (χ2n) is 5.43. The molecule has 0 spiro atoms. The number of nitrogens with one attached hydrogen (secondary N) is 1. The Morgan fingerprint density at radius 2 is 1.58 bits per heavy atom. The number of aliphatic hydroxyl groups excluding tert-OH is 1. The highest BCUT2D eigenvalue weighted by Gasteiger charge is 2.31. The molecule has 4 N–H and O–H groups in total. The zero-order valence-corrected chi connectivity index (χ0v) is 14.2. The van der Waals surface area contributed by atoms with Crippen molar-refractivity contribution in [3.63, 3.8) is 0 Å². The fraction of sp³-hybridized carbons (Fsp3) is 0.222. The number of ether oxygens (including phenoxy) is 2. The molecular weight excluding hydrogens is 342 g/mol. The minimum Gasteiger partial charge on any atom is -0.508 e. The van der Waals surface area contributed by atoms with Gasteiger partial charge < -0.3 is 30.1 Å². The van der Waals surface area contributed by atoms with Crippen molar-refractivity contribution in [2.24, 2.45) is 0 Å². The number of carbonyl (C=O) groups is 2. The van der Waals surface area contributed by atoms with Gasteiger partial charge in [0.05, 0.1) is 14.2 Å². The van der Waals surface area contributed by atoms with Gasteiger partial charge in [-0.05, 0) is 29.8 Å². The normalized spacial score (nSPS) is 12.7. The Morgan fingerprint density at radius 3 is 2.08 bits per heavy atom. The maximum atomic E-state index is 12.3. The zero-order chi connectivity index (χ0) is 19.3. The summed E-state index contributed by atoms with van der Waals surface area (Å²) in [6.07, 6.45) is -1.39. The third kappa shape index (κ3) is 4.42. The number of amides is 1. The predicted molar refractivity (Wildman–Crippen MR) is 91.0 cm³/mol. The number of esters is 1. The first-order chi connectivity index (χ1) is 12.3. The number of benzene rings is 2. The average molecular weight is 361 g/mol. The Morgan fingerprint density at radius 1 is 1.00 bits per heavy atom. The molecule has 2 atom stereocenters. The minimum absolute atomic E-state index is 0.0849. The summed E-state index contributed by atoms with van der Waals surface area (Å²) in [5.74, 6) is -1.71. The Labute approximate surface area is 149 Å². The van der Waals surface area contributed by atoms with Crippen molar-refractivity contribution >= 4 is 11.9 Å². The molecule has 8 heteroatoms. The van der Waals surface area contributed by atoms with Gasteiger partial charge in [-0.25, -0.2) is 4.79 Å². The van der Waals surface area contributed by atoms with Crippen LogP contribution in [-0.2, 0) is 9.53 Å². The smallest absolute Gasteiger partial charge is 0.331 e. The highest BCUT2D eigenvalue weighted by molar-refractivity contribution is 5.97. The number of rotatable bonds is 6. The number of aliphatic hydroxyl groups is 1. The van der Waals surface area contributed by atoms with Crippen LogP contribution >= 0.6 is 0 Å². The van der Waals surface area contributed by atoms with E-state index in [2.05, 4.69) is 10.1 Å². The highest BCUT2D eigenvalue weighted by atomic mass is 16.5. The lowest BCUT2D eigenvalue weighted by atomic mass is 10.0. The van der Waals surface area contributed by atoms with Crippen molar-refractivity contribution in [2.45, 2.75) is 12.1 Å². The number of methoxy groups -OCH3 is 2. The molecule has 0 radical (unpaired) electrons. The lowest BCUT2D eigenvalue weighted by Crippen LogP contribution is -2.45. The van der Waals surface area contributed by atoms with Crippen LogP contribution in [0.3, 0.4) is 0 Å². The maximum Gasteiger partial charge on any atom is 0.331 e. The molecule has 0 bridgehead atoms. The number of phenolic OH excluding ortho intramolecular Hbond substituents is 2. The van der Waals surface area contributed by atoms with Crippen LogP contribution in [0.1, 0.15) is 22.0 Å². The lowest BCUT2D eigenvalue weighted by Gasteiger charge is -2.22. The Bertz CT molecular complexity index is 768. The van der Waals surface area contributed by atoms with E-state index in [1.807, 2.05) is 0 Å². The van der Waals surface area contributed by atoms with Gasteiger partial charge in [-0.15, -0.1) is 0 Å². The van der Waals surface area contributed by atoms with E-state index in [9.17, 15) is 24.9 Å². The molecule has 2 aromatic rings. The third-order valence-corrected chi connectivity index (χ3v) is 3.68. The molecular formula is C18H19NO7. The van der Waals surface area contributed by atoms with Gasteiger partial charge in [-0.3, -0.25) is 4.79 Å². The third-order valence-electron chi connectivity index (χ3n) is 3.68. The summed E-state index contributed by atoms with van der Waals surface area (Å²) in [4.78, 5) is 24.4. The van der Waals surface area contributed by atoms with Crippen molar-refractivity contribution in [1.29, 1.82) is 0 Å².